The predicted molar refractivity (Wildman–Crippen MR) is 155 cm³/mol. The summed E-state index contributed by atoms with van der Waals surface area (Å²) >= 11 is 0. The van der Waals surface area contributed by atoms with Crippen LogP contribution in [0.15, 0.2) is 60.7 Å². The van der Waals surface area contributed by atoms with Crippen molar-refractivity contribution in [2.75, 3.05) is 7.11 Å². The van der Waals surface area contributed by atoms with E-state index in [4.69, 9.17) is 10.5 Å². The number of ether oxygens (including phenoxy) is 2. The van der Waals surface area contributed by atoms with Gasteiger partial charge in [0.05, 0.1) is 24.8 Å². The number of halogens is 6. The lowest BCUT2D eigenvalue weighted by molar-refractivity contribution is -0.135. The van der Waals surface area contributed by atoms with Crippen molar-refractivity contribution in [3.05, 3.63) is 100 Å². The molecule has 0 unspecified atom stereocenters. The molecule has 2 N–H and O–H groups in total. The van der Waals surface area contributed by atoms with Gasteiger partial charge in [-0.1, -0.05) is 45.0 Å². The molecule has 3 aromatic rings. The van der Waals surface area contributed by atoms with Crippen LogP contribution >= 0.6 is 0 Å². The number of aryl methyl sites for hydroxylation is 1. The van der Waals surface area contributed by atoms with Gasteiger partial charge in [-0.05, 0) is 74.4 Å². The Morgan fingerprint density at radius 1 is 0.905 bits per heavy atom. The Morgan fingerprint density at radius 2 is 1.45 bits per heavy atom. The normalized spacial score (nSPS) is 10.9. The molecule has 1 atom stereocenters. The number of nitrogens with two attached hydrogens (primary N) is 1. The summed E-state index contributed by atoms with van der Waals surface area (Å²) in [5.41, 5.74) is 6.60. The van der Waals surface area contributed by atoms with Gasteiger partial charge in [-0.3, -0.25) is 0 Å². The van der Waals surface area contributed by atoms with Gasteiger partial charge < -0.3 is 15.2 Å². The molecule has 0 fully saturated rings. The number of methoxy groups -OCH3 is 1. The number of terminal acetylenes is 1. The number of alkyl halides is 4. The fourth-order valence-electron chi connectivity index (χ4n) is 3.17. The van der Waals surface area contributed by atoms with E-state index in [1.807, 2.05) is 32.9 Å². The van der Waals surface area contributed by atoms with Crippen molar-refractivity contribution in [1.29, 1.82) is 0 Å². The molecule has 0 saturated heterocycles. The van der Waals surface area contributed by atoms with E-state index >= 15 is 0 Å². The summed E-state index contributed by atoms with van der Waals surface area (Å²) in [5.74, 6) is -6.70. The van der Waals surface area contributed by atoms with Gasteiger partial charge in [0, 0.05) is 5.56 Å². The molecule has 0 aliphatic carbocycles. The van der Waals surface area contributed by atoms with Gasteiger partial charge in [0.15, 0.2) is 11.6 Å². The van der Waals surface area contributed by atoms with Crippen LogP contribution in [0.4, 0.5) is 26.3 Å². The lowest BCUT2D eigenvalue weighted by Crippen LogP contribution is -2.24. The van der Waals surface area contributed by atoms with E-state index in [9.17, 15) is 31.1 Å². The van der Waals surface area contributed by atoms with Crippen LogP contribution in [0.5, 0.6) is 5.75 Å². The Morgan fingerprint density at radius 3 is 1.93 bits per heavy atom. The van der Waals surface area contributed by atoms with Crippen molar-refractivity contribution in [3.63, 3.8) is 0 Å². The number of carbonyl (C=O) groups excluding carboxylic acids is 1. The molecule has 0 aliphatic rings. The molecule has 0 heterocycles. The topological polar surface area (TPSA) is 61.6 Å². The van der Waals surface area contributed by atoms with E-state index in [0.717, 1.165) is 17.7 Å². The van der Waals surface area contributed by atoms with E-state index in [1.54, 1.807) is 26.0 Å². The molecular formula is C32H39F6NO3. The minimum absolute atomic E-state index is 0. The summed E-state index contributed by atoms with van der Waals surface area (Å²) in [7, 11) is 1.38. The smallest absolute Gasteiger partial charge is 0.337 e. The molecule has 4 nitrogen and oxygen atoms in total. The minimum atomic E-state index is -4.52. The molecule has 0 spiro atoms. The first-order valence-corrected chi connectivity index (χ1v) is 12.4. The minimum Gasteiger partial charge on any atom is -0.488 e. The van der Waals surface area contributed by atoms with E-state index < -0.39 is 35.6 Å². The highest BCUT2D eigenvalue weighted by molar-refractivity contribution is 5.89. The van der Waals surface area contributed by atoms with Crippen molar-refractivity contribution >= 4 is 5.97 Å². The first kappa shape index (κ1) is 40.2. The Hall–Kier alpha value is -3.97. The number of hydrogen-bond acceptors (Lipinski definition) is 4. The van der Waals surface area contributed by atoms with Crippen molar-refractivity contribution in [2.24, 2.45) is 5.73 Å². The zero-order valence-electron chi connectivity index (χ0n) is 23.7. The number of carbonyl (C=O) groups is 1. The number of esters is 1. The van der Waals surface area contributed by atoms with Gasteiger partial charge in [-0.25, -0.2) is 22.4 Å². The maximum absolute atomic E-state index is 13.8. The van der Waals surface area contributed by atoms with Crippen LogP contribution in [-0.4, -0.2) is 25.6 Å². The maximum atomic E-state index is 13.8. The quantitative estimate of drug-likeness (QED) is 0.167. The van der Waals surface area contributed by atoms with Gasteiger partial charge in [-0.15, -0.1) is 12.8 Å². The average Bonchev–Trinajstić information content (AvgIpc) is 2.95. The van der Waals surface area contributed by atoms with Gasteiger partial charge in [0.25, 0.3) is 0 Å². The van der Waals surface area contributed by atoms with Gasteiger partial charge in [0.1, 0.15) is 5.82 Å². The second-order valence-electron chi connectivity index (χ2n) is 8.39. The fourth-order valence-corrected chi connectivity index (χ4v) is 3.17. The number of benzene rings is 3. The maximum Gasteiger partial charge on any atom is 0.337 e. The van der Waals surface area contributed by atoms with Crippen LogP contribution < -0.4 is 10.5 Å². The fraction of sp³-hybridized carbons (Fsp3) is 0.344. The van der Waals surface area contributed by atoms with Crippen LogP contribution in [0.2, 0.25) is 0 Å². The van der Waals surface area contributed by atoms with Crippen molar-refractivity contribution in [2.45, 2.75) is 66.5 Å². The van der Waals surface area contributed by atoms with E-state index in [2.05, 4.69) is 17.6 Å². The first-order chi connectivity index (χ1) is 19.3. The summed E-state index contributed by atoms with van der Waals surface area (Å²) in [5, 5.41) is 0. The Bertz CT molecular complexity index is 1240. The summed E-state index contributed by atoms with van der Waals surface area (Å²) in [4.78, 5) is 10.9. The Labute approximate surface area is 244 Å². The lowest BCUT2D eigenvalue weighted by Gasteiger charge is -2.20. The molecule has 3 aromatic carbocycles. The summed E-state index contributed by atoms with van der Waals surface area (Å²) in [6.07, 6.45) is 3.67. The molecule has 232 valence electrons. The van der Waals surface area contributed by atoms with E-state index in [1.165, 1.54) is 19.2 Å². The standard InChI is InChI=1S/C18H17F6NO.C9H10O2.C2H6.C2H2.CH4/c1-9(2)26-15-7-10(3-4-14(15)20)16(25)11-5-12(8-13(19)6-11)18(23,24)17(21)22;1-7-3-5-8(6-4-7)9(10)11-2;2*1-2;/h3-9,16-17H,25H2,1-2H3;3-6H,1-2H3;1-2H3;1-2H;1H4/t16-;;;;/m1..../s1. The summed E-state index contributed by atoms with van der Waals surface area (Å²) < 4.78 is 89.4. The van der Waals surface area contributed by atoms with E-state index in [0.29, 0.717) is 17.7 Å². The average molecular weight is 600 g/mol. The Balaban J connectivity index is 0. The number of hydrogen-bond donors (Lipinski definition) is 1. The van der Waals surface area contributed by atoms with Crippen LogP contribution in [0.1, 0.15) is 73.8 Å². The molecular weight excluding hydrogens is 560 g/mol. The third kappa shape index (κ3) is 11.9. The first-order valence-electron chi connectivity index (χ1n) is 12.4. The SMILES string of the molecule is C.C#C.CC.CC(C)Oc1cc([C@@H](N)c2cc(F)cc(C(F)(F)C(F)F)c2)ccc1F.COC(=O)c1ccc(C)cc1. The molecule has 0 aromatic heterocycles. The largest absolute Gasteiger partial charge is 0.488 e. The van der Waals surface area contributed by atoms with Gasteiger partial charge in [-0.2, -0.15) is 8.78 Å². The lowest BCUT2D eigenvalue weighted by atomic mass is 9.95. The number of rotatable bonds is 7. The van der Waals surface area contributed by atoms with Gasteiger partial charge >= 0.3 is 18.3 Å². The van der Waals surface area contributed by atoms with Crippen LogP contribution in [0.3, 0.4) is 0 Å². The van der Waals surface area contributed by atoms with Crippen molar-refractivity contribution in [1.82, 2.24) is 0 Å². The molecule has 0 aliphatic heterocycles. The van der Waals surface area contributed by atoms with Crippen LogP contribution in [0, 0.1) is 31.4 Å². The van der Waals surface area contributed by atoms with E-state index in [-0.39, 0.29) is 36.4 Å². The second kappa shape index (κ2) is 19.2. The predicted octanol–water partition coefficient (Wildman–Crippen LogP) is 8.85. The van der Waals surface area contributed by atoms with Crippen LogP contribution in [0.25, 0.3) is 0 Å². The van der Waals surface area contributed by atoms with Gasteiger partial charge in [0.2, 0.25) is 0 Å². The highest BCUT2D eigenvalue weighted by Crippen LogP contribution is 2.37. The van der Waals surface area contributed by atoms with Crippen LogP contribution in [-0.2, 0) is 10.7 Å². The third-order valence-corrected chi connectivity index (χ3v) is 5.09. The molecule has 0 saturated carbocycles. The second-order valence-corrected chi connectivity index (χ2v) is 8.39. The highest BCUT2D eigenvalue weighted by Gasteiger charge is 2.43. The molecule has 0 radical (unpaired) electrons. The van der Waals surface area contributed by atoms with Crippen molar-refractivity contribution in [3.8, 4) is 18.6 Å². The highest BCUT2D eigenvalue weighted by atomic mass is 19.3. The molecule has 10 heteroatoms. The molecule has 42 heavy (non-hydrogen) atoms. The zero-order valence-corrected chi connectivity index (χ0v) is 23.7. The molecule has 3 rings (SSSR count). The summed E-state index contributed by atoms with van der Waals surface area (Å²) in [6, 6.07) is 11.6. The zero-order chi connectivity index (χ0) is 31.9. The third-order valence-electron chi connectivity index (χ3n) is 5.09. The Kier molecular flexibility index (Phi) is 18.4. The monoisotopic (exact) mass is 599 g/mol. The van der Waals surface area contributed by atoms with Crippen molar-refractivity contribution < 1.29 is 40.6 Å². The summed E-state index contributed by atoms with van der Waals surface area (Å²) in [6.45, 7) is 9.33. The molecule has 0 amide bonds. The molecule has 0 bridgehead atoms.